The Bertz CT molecular complexity index is 411. The van der Waals surface area contributed by atoms with Gasteiger partial charge >= 0.3 is 0 Å². The van der Waals surface area contributed by atoms with Gasteiger partial charge in [0.2, 0.25) is 0 Å². The average Bonchev–Trinajstić information content (AvgIpc) is 2.46. The van der Waals surface area contributed by atoms with Gasteiger partial charge in [-0.1, -0.05) is 25.5 Å². The first-order chi connectivity index (χ1) is 8.74. The molecule has 18 heavy (non-hydrogen) atoms. The molecule has 0 spiro atoms. The first kappa shape index (κ1) is 13.4. The van der Waals surface area contributed by atoms with E-state index in [1.165, 1.54) is 6.42 Å². The quantitative estimate of drug-likeness (QED) is 0.764. The Balaban J connectivity index is 2.03. The van der Waals surface area contributed by atoms with Gasteiger partial charge in [-0.3, -0.25) is 4.79 Å². The van der Waals surface area contributed by atoms with Crippen LogP contribution in [-0.2, 0) is 5.88 Å². The standard InChI is InChI=1S/C15H20ClNO/c1-2-12-6-8-17(9-7-12)15(18)14-5-3-4-13(10-14)11-16/h3-5,10,12H,2,6-9,11H2,1H3. The molecule has 0 radical (unpaired) electrons. The van der Waals surface area contributed by atoms with Crippen LogP contribution in [0.4, 0.5) is 0 Å². The zero-order valence-corrected chi connectivity index (χ0v) is 11.6. The molecule has 1 amide bonds. The molecule has 1 heterocycles. The molecule has 1 fully saturated rings. The number of alkyl halides is 1. The van der Waals surface area contributed by atoms with E-state index in [1.54, 1.807) is 0 Å². The topological polar surface area (TPSA) is 20.3 Å². The summed E-state index contributed by atoms with van der Waals surface area (Å²) < 4.78 is 0. The van der Waals surface area contributed by atoms with Crippen LogP contribution < -0.4 is 0 Å². The lowest BCUT2D eigenvalue weighted by Crippen LogP contribution is -2.38. The third-order valence-electron chi connectivity index (χ3n) is 3.81. The number of carbonyl (C=O) groups excluding carboxylic acids is 1. The maximum absolute atomic E-state index is 12.3. The Hall–Kier alpha value is -1.02. The average molecular weight is 266 g/mol. The van der Waals surface area contributed by atoms with Crippen molar-refractivity contribution in [3.63, 3.8) is 0 Å². The van der Waals surface area contributed by atoms with Gasteiger partial charge in [0.1, 0.15) is 0 Å². The lowest BCUT2D eigenvalue weighted by molar-refractivity contribution is 0.0688. The largest absolute Gasteiger partial charge is 0.339 e. The third-order valence-corrected chi connectivity index (χ3v) is 4.12. The Morgan fingerprint density at radius 3 is 2.72 bits per heavy atom. The van der Waals surface area contributed by atoms with Crippen molar-refractivity contribution < 1.29 is 4.79 Å². The van der Waals surface area contributed by atoms with E-state index in [-0.39, 0.29) is 5.91 Å². The predicted octanol–water partition coefficient (Wildman–Crippen LogP) is 3.69. The van der Waals surface area contributed by atoms with Crippen LogP contribution in [0.25, 0.3) is 0 Å². The summed E-state index contributed by atoms with van der Waals surface area (Å²) in [6.07, 6.45) is 3.50. The number of hydrogen-bond acceptors (Lipinski definition) is 1. The minimum Gasteiger partial charge on any atom is -0.339 e. The normalized spacial score (nSPS) is 16.9. The van der Waals surface area contributed by atoms with Crippen molar-refractivity contribution in [2.24, 2.45) is 5.92 Å². The first-order valence-corrected chi connectivity index (χ1v) is 7.22. The van der Waals surface area contributed by atoms with Gasteiger partial charge in [-0.15, -0.1) is 11.6 Å². The third kappa shape index (κ3) is 3.05. The van der Waals surface area contributed by atoms with Crippen LogP contribution in [0.1, 0.15) is 42.1 Å². The molecular formula is C15H20ClNO. The lowest BCUT2D eigenvalue weighted by Gasteiger charge is -2.31. The van der Waals surface area contributed by atoms with Crippen molar-refractivity contribution in [2.45, 2.75) is 32.1 Å². The fraction of sp³-hybridized carbons (Fsp3) is 0.533. The Morgan fingerprint density at radius 2 is 2.11 bits per heavy atom. The number of benzene rings is 1. The van der Waals surface area contributed by atoms with Crippen molar-refractivity contribution >= 4 is 17.5 Å². The Labute approximate surface area is 114 Å². The monoisotopic (exact) mass is 265 g/mol. The molecule has 1 aromatic carbocycles. The smallest absolute Gasteiger partial charge is 0.253 e. The van der Waals surface area contributed by atoms with Crippen molar-refractivity contribution in [1.82, 2.24) is 4.90 Å². The summed E-state index contributed by atoms with van der Waals surface area (Å²) in [6.45, 7) is 4.01. The molecule has 1 aliphatic rings. The van der Waals surface area contributed by atoms with Gasteiger partial charge in [0.05, 0.1) is 0 Å². The number of rotatable bonds is 3. The number of halogens is 1. The number of nitrogens with zero attached hydrogens (tertiary/aromatic N) is 1. The van der Waals surface area contributed by atoms with Crippen LogP contribution in [0.5, 0.6) is 0 Å². The van der Waals surface area contributed by atoms with E-state index in [0.29, 0.717) is 5.88 Å². The molecule has 0 N–H and O–H groups in total. The summed E-state index contributed by atoms with van der Waals surface area (Å²) >= 11 is 5.80. The molecule has 0 aromatic heterocycles. The number of amides is 1. The Morgan fingerprint density at radius 1 is 1.39 bits per heavy atom. The highest BCUT2D eigenvalue weighted by molar-refractivity contribution is 6.17. The molecule has 0 unspecified atom stereocenters. The van der Waals surface area contributed by atoms with E-state index < -0.39 is 0 Å². The summed E-state index contributed by atoms with van der Waals surface area (Å²) in [4.78, 5) is 14.3. The zero-order chi connectivity index (χ0) is 13.0. The molecule has 0 saturated carbocycles. The van der Waals surface area contributed by atoms with Gasteiger partial charge in [-0.25, -0.2) is 0 Å². The second kappa shape index (κ2) is 6.24. The molecule has 0 atom stereocenters. The highest BCUT2D eigenvalue weighted by atomic mass is 35.5. The van der Waals surface area contributed by atoms with Gasteiger partial charge in [0.25, 0.3) is 5.91 Å². The van der Waals surface area contributed by atoms with Gasteiger partial charge in [-0.05, 0) is 36.5 Å². The maximum Gasteiger partial charge on any atom is 0.253 e. The van der Waals surface area contributed by atoms with E-state index in [4.69, 9.17) is 11.6 Å². The number of likely N-dealkylation sites (tertiary alicyclic amines) is 1. The fourth-order valence-corrected chi connectivity index (χ4v) is 2.68. The summed E-state index contributed by atoms with van der Waals surface area (Å²) in [5.74, 6) is 1.40. The second-order valence-electron chi connectivity index (χ2n) is 4.98. The van der Waals surface area contributed by atoms with E-state index >= 15 is 0 Å². The minimum absolute atomic E-state index is 0.150. The SMILES string of the molecule is CCC1CCN(C(=O)c2cccc(CCl)c2)CC1. The van der Waals surface area contributed by atoms with Crippen LogP contribution in [0.2, 0.25) is 0 Å². The predicted molar refractivity (Wildman–Crippen MR) is 74.9 cm³/mol. The number of carbonyl (C=O) groups is 1. The summed E-state index contributed by atoms with van der Waals surface area (Å²) in [7, 11) is 0. The molecule has 2 rings (SSSR count). The summed E-state index contributed by atoms with van der Waals surface area (Å²) in [5.41, 5.74) is 1.77. The van der Waals surface area contributed by atoms with Crippen molar-refractivity contribution in [2.75, 3.05) is 13.1 Å². The van der Waals surface area contributed by atoms with Crippen LogP contribution >= 0.6 is 11.6 Å². The Kier molecular flexibility index (Phi) is 4.65. The highest BCUT2D eigenvalue weighted by Gasteiger charge is 2.22. The van der Waals surface area contributed by atoms with Crippen molar-refractivity contribution in [1.29, 1.82) is 0 Å². The summed E-state index contributed by atoms with van der Waals surface area (Å²) in [6, 6.07) is 7.64. The maximum atomic E-state index is 12.3. The van der Waals surface area contributed by atoms with Gasteiger partial charge < -0.3 is 4.90 Å². The van der Waals surface area contributed by atoms with Gasteiger partial charge in [-0.2, -0.15) is 0 Å². The molecule has 98 valence electrons. The molecule has 3 heteroatoms. The summed E-state index contributed by atoms with van der Waals surface area (Å²) in [5, 5.41) is 0. The van der Waals surface area contributed by atoms with Crippen LogP contribution in [0, 0.1) is 5.92 Å². The van der Waals surface area contributed by atoms with Gasteiger partial charge in [0.15, 0.2) is 0 Å². The van der Waals surface area contributed by atoms with Crippen molar-refractivity contribution in [3.05, 3.63) is 35.4 Å². The highest BCUT2D eigenvalue weighted by Crippen LogP contribution is 2.21. The van der Waals surface area contributed by atoms with Crippen molar-refractivity contribution in [3.8, 4) is 0 Å². The fourth-order valence-electron chi connectivity index (χ4n) is 2.51. The van der Waals surface area contributed by atoms with E-state index in [9.17, 15) is 4.79 Å². The van der Waals surface area contributed by atoms with Gasteiger partial charge in [0, 0.05) is 24.5 Å². The molecule has 1 aliphatic heterocycles. The number of piperidine rings is 1. The molecule has 0 bridgehead atoms. The first-order valence-electron chi connectivity index (χ1n) is 6.68. The lowest BCUT2D eigenvalue weighted by atomic mass is 9.94. The zero-order valence-electron chi connectivity index (χ0n) is 10.9. The van der Waals surface area contributed by atoms with Crippen LogP contribution in [0.15, 0.2) is 24.3 Å². The molecule has 1 saturated heterocycles. The van der Waals surface area contributed by atoms with E-state index in [1.807, 2.05) is 29.2 Å². The van der Waals surface area contributed by atoms with Crippen LogP contribution in [0.3, 0.4) is 0 Å². The molecule has 2 nitrogen and oxygen atoms in total. The number of hydrogen-bond donors (Lipinski definition) is 0. The minimum atomic E-state index is 0.150. The molecule has 0 aliphatic carbocycles. The second-order valence-corrected chi connectivity index (χ2v) is 5.25. The molecule has 1 aromatic rings. The van der Waals surface area contributed by atoms with E-state index in [2.05, 4.69) is 6.92 Å². The van der Waals surface area contributed by atoms with E-state index in [0.717, 1.165) is 43.0 Å². The molecular weight excluding hydrogens is 246 g/mol. The van der Waals surface area contributed by atoms with Crippen LogP contribution in [-0.4, -0.2) is 23.9 Å².